The van der Waals surface area contributed by atoms with Crippen molar-refractivity contribution in [3.8, 4) is 0 Å². The molecule has 112 valence electrons. The van der Waals surface area contributed by atoms with Crippen molar-refractivity contribution in [3.05, 3.63) is 46.8 Å². The lowest BCUT2D eigenvalue weighted by atomic mass is 10.1. The van der Waals surface area contributed by atoms with Crippen LogP contribution in [0, 0.1) is 18.6 Å². The zero-order valence-corrected chi connectivity index (χ0v) is 11.9. The second-order valence-corrected chi connectivity index (χ2v) is 4.55. The Hall–Kier alpha value is -2.44. The van der Waals surface area contributed by atoms with Crippen LogP contribution < -0.4 is 5.32 Å². The van der Waals surface area contributed by atoms with Crippen LogP contribution in [0.4, 0.5) is 14.5 Å². The van der Waals surface area contributed by atoms with E-state index in [1.54, 1.807) is 17.9 Å². The van der Waals surface area contributed by atoms with Gasteiger partial charge in [-0.15, -0.1) is 0 Å². The highest BCUT2D eigenvalue weighted by Crippen LogP contribution is 2.22. The smallest absolute Gasteiger partial charge is 0.340 e. The molecule has 0 unspecified atom stereocenters. The number of hydrogen-bond donors (Lipinski definition) is 1. The number of aromatic nitrogens is 2. The molecule has 0 fully saturated rings. The largest absolute Gasteiger partial charge is 0.465 e. The number of nitrogens with one attached hydrogen (secondary N) is 1. The lowest BCUT2D eigenvalue weighted by Crippen LogP contribution is -2.09. The van der Waals surface area contributed by atoms with Crippen molar-refractivity contribution in [2.75, 3.05) is 12.4 Å². The molecule has 2 aromatic rings. The van der Waals surface area contributed by atoms with Crippen molar-refractivity contribution in [2.45, 2.75) is 13.5 Å². The fourth-order valence-electron chi connectivity index (χ4n) is 1.97. The third-order valence-corrected chi connectivity index (χ3v) is 3.07. The molecule has 0 radical (unpaired) electrons. The van der Waals surface area contributed by atoms with E-state index in [0.29, 0.717) is 6.54 Å². The van der Waals surface area contributed by atoms with E-state index in [-0.39, 0.29) is 5.69 Å². The molecular weight excluding hydrogens is 280 g/mol. The van der Waals surface area contributed by atoms with Crippen LogP contribution >= 0.6 is 0 Å². The van der Waals surface area contributed by atoms with Gasteiger partial charge in [0, 0.05) is 25.4 Å². The number of methoxy groups -OCH3 is 1. The predicted molar refractivity (Wildman–Crippen MR) is 73.0 cm³/mol. The Bertz CT molecular complexity index is 683. The summed E-state index contributed by atoms with van der Waals surface area (Å²) in [5.74, 6) is -3.25. The quantitative estimate of drug-likeness (QED) is 0.880. The topological polar surface area (TPSA) is 56.1 Å². The third kappa shape index (κ3) is 3.01. The maximum Gasteiger partial charge on any atom is 0.340 e. The summed E-state index contributed by atoms with van der Waals surface area (Å²) in [5.41, 5.74) is 1.22. The normalized spacial score (nSPS) is 10.5. The molecule has 5 nitrogen and oxygen atoms in total. The van der Waals surface area contributed by atoms with Crippen molar-refractivity contribution in [3.63, 3.8) is 0 Å². The number of carbonyl (C=O) groups excluding carboxylic acids is 1. The monoisotopic (exact) mass is 295 g/mol. The highest BCUT2D eigenvalue weighted by atomic mass is 19.2. The van der Waals surface area contributed by atoms with E-state index in [1.165, 1.54) is 12.1 Å². The van der Waals surface area contributed by atoms with Gasteiger partial charge >= 0.3 is 5.97 Å². The summed E-state index contributed by atoms with van der Waals surface area (Å²) < 4.78 is 33.7. The first-order valence-electron chi connectivity index (χ1n) is 6.23. The molecule has 0 bridgehead atoms. The summed E-state index contributed by atoms with van der Waals surface area (Å²) >= 11 is 0. The number of ether oxygens (including phenoxy) is 1. The summed E-state index contributed by atoms with van der Waals surface area (Å²) in [6.45, 7) is 2.13. The van der Waals surface area contributed by atoms with Crippen molar-refractivity contribution < 1.29 is 18.3 Å². The Labute approximate surface area is 120 Å². The van der Waals surface area contributed by atoms with E-state index in [4.69, 9.17) is 0 Å². The minimum atomic E-state index is -1.23. The Balaban J connectivity index is 2.20. The van der Waals surface area contributed by atoms with Gasteiger partial charge in [0.2, 0.25) is 0 Å². The Morgan fingerprint density at radius 1 is 1.38 bits per heavy atom. The van der Waals surface area contributed by atoms with Gasteiger partial charge in [0.25, 0.3) is 0 Å². The van der Waals surface area contributed by atoms with E-state index >= 15 is 0 Å². The second-order valence-electron chi connectivity index (χ2n) is 4.55. The van der Waals surface area contributed by atoms with Crippen molar-refractivity contribution in [1.82, 2.24) is 9.78 Å². The number of nitrogens with zero attached hydrogens (tertiary/aromatic N) is 2. The molecule has 0 aliphatic rings. The minimum Gasteiger partial charge on any atom is -0.465 e. The number of benzene rings is 1. The molecule has 0 aliphatic carbocycles. The van der Waals surface area contributed by atoms with Gasteiger partial charge in [-0.3, -0.25) is 4.68 Å². The maximum atomic E-state index is 13.9. The van der Waals surface area contributed by atoms with Gasteiger partial charge in [0.05, 0.1) is 24.1 Å². The highest BCUT2D eigenvalue weighted by Gasteiger charge is 2.19. The molecule has 1 aromatic heterocycles. The van der Waals surface area contributed by atoms with Crippen LogP contribution in [0.25, 0.3) is 0 Å². The van der Waals surface area contributed by atoms with E-state index in [2.05, 4.69) is 15.2 Å². The Kier molecular flexibility index (Phi) is 4.21. The molecule has 0 saturated carbocycles. The SMILES string of the molecule is COC(=O)c1ccc(NCc2cn(C)nc2C)c(F)c1F. The van der Waals surface area contributed by atoms with Crippen LogP contribution in [-0.4, -0.2) is 22.9 Å². The Morgan fingerprint density at radius 2 is 2.10 bits per heavy atom. The molecule has 0 amide bonds. The molecule has 21 heavy (non-hydrogen) atoms. The average molecular weight is 295 g/mol. The molecule has 7 heteroatoms. The lowest BCUT2D eigenvalue weighted by Gasteiger charge is -2.09. The third-order valence-electron chi connectivity index (χ3n) is 3.07. The fourth-order valence-corrected chi connectivity index (χ4v) is 1.97. The van der Waals surface area contributed by atoms with Crippen molar-refractivity contribution in [2.24, 2.45) is 7.05 Å². The number of anilines is 1. The first kappa shape index (κ1) is 15.0. The zero-order chi connectivity index (χ0) is 15.6. The zero-order valence-electron chi connectivity index (χ0n) is 11.9. The lowest BCUT2D eigenvalue weighted by molar-refractivity contribution is 0.0594. The van der Waals surface area contributed by atoms with Gasteiger partial charge in [0.15, 0.2) is 11.6 Å². The van der Waals surface area contributed by atoms with Gasteiger partial charge < -0.3 is 10.1 Å². The van der Waals surface area contributed by atoms with Crippen molar-refractivity contribution >= 4 is 11.7 Å². The Morgan fingerprint density at radius 3 is 2.67 bits per heavy atom. The van der Waals surface area contributed by atoms with Gasteiger partial charge in [-0.1, -0.05) is 0 Å². The van der Waals surface area contributed by atoms with Crippen LogP contribution in [0.3, 0.4) is 0 Å². The van der Waals surface area contributed by atoms with E-state index in [1.807, 2.05) is 6.92 Å². The molecule has 2 rings (SSSR count). The number of esters is 1. The maximum absolute atomic E-state index is 13.9. The molecule has 1 heterocycles. The summed E-state index contributed by atoms with van der Waals surface area (Å²) in [4.78, 5) is 11.3. The predicted octanol–water partition coefficient (Wildman–Crippen LogP) is 2.41. The second kappa shape index (κ2) is 5.90. The molecule has 1 N–H and O–H groups in total. The first-order chi connectivity index (χ1) is 9.93. The average Bonchev–Trinajstić information content (AvgIpc) is 2.78. The number of halogens is 2. The summed E-state index contributed by atoms with van der Waals surface area (Å²) in [5, 5.41) is 6.95. The number of aryl methyl sites for hydroxylation is 2. The van der Waals surface area contributed by atoms with E-state index in [9.17, 15) is 13.6 Å². The molecule has 0 aliphatic heterocycles. The van der Waals surface area contributed by atoms with Gasteiger partial charge in [-0.05, 0) is 19.1 Å². The molecule has 0 spiro atoms. The van der Waals surface area contributed by atoms with E-state index < -0.39 is 23.2 Å². The molecule has 0 saturated heterocycles. The summed E-state index contributed by atoms with van der Waals surface area (Å²) in [6, 6.07) is 2.49. The van der Waals surface area contributed by atoms with E-state index in [0.717, 1.165) is 18.4 Å². The number of carbonyl (C=O) groups is 1. The number of hydrogen-bond acceptors (Lipinski definition) is 4. The molecular formula is C14H15F2N3O2. The standard InChI is InChI=1S/C14H15F2N3O2/c1-8-9(7-19(2)18-8)6-17-11-5-4-10(14(20)21-3)12(15)13(11)16/h4-5,7,17H,6H2,1-3H3. The summed E-state index contributed by atoms with van der Waals surface area (Å²) in [7, 11) is 2.89. The summed E-state index contributed by atoms with van der Waals surface area (Å²) in [6.07, 6.45) is 1.79. The molecule has 0 atom stereocenters. The first-order valence-corrected chi connectivity index (χ1v) is 6.23. The van der Waals surface area contributed by atoms with Gasteiger partial charge in [0.1, 0.15) is 0 Å². The highest BCUT2D eigenvalue weighted by molar-refractivity contribution is 5.90. The van der Waals surface area contributed by atoms with Crippen LogP contribution in [0.2, 0.25) is 0 Å². The fraction of sp³-hybridized carbons (Fsp3) is 0.286. The van der Waals surface area contributed by atoms with Gasteiger partial charge in [-0.2, -0.15) is 5.10 Å². The van der Waals surface area contributed by atoms with Crippen molar-refractivity contribution in [1.29, 1.82) is 0 Å². The van der Waals surface area contributed by atoms with Gasteiger partial charge in [-0.25, -0.2) is 13.6 Å². The van der Waals surface area contributed by atoms with Crippen LogP contribution in [0.5, 0.6) is 0 Å². The van der Waals surface area contributed by atoms with Crippen LogP contribution in [0.1, 0.15) is 21.6 Å². The minimum absolute atomic E-state index is 0.0246. The number of rotatable bonds is 4. The van der Waals surface area contributed by atoms with Crippen LogP contribution in [-0.2, 0) is 18.3 Å². The molecule has 1 aromatic carbocycles. The van der Waals surface area contributed by atoms with Crippen LogP contribution in [0.15, 0.2) is 18.3 Å².